The number of likely N-dealkylation sites (tertiary alicyclic amines) is 1. The van der Waals surface area contributed by atoms with Crippen molar-refractivity contribution in [3.05, 3.63) is 64.3 Å². The molecule has 4 rings (SSSR count). The van der Waals surface area contributed by atoms with Crippen LogP contribution in [0.1, 0.15) is 31.7 Å². The molecule has 0 bridgehead atoms. The SMILES string of the molecule is CC1CCN(CCCNC(=O)CN2C(=O)C(=Cc3cccc(Br)c3)Oc3ccccc32)CC1. The summed E-state index contributed by atoms with van der Waals surface area (Å²) >= 11 is 3.45. The van der Waals surface area contributed by atoms with Crippen LogP contribution in [-0.4, -0.2) is 49.4 Å². The molecule has 1 saturated heterocycles. The summed E-state index contributed by atoms with van der Waals surface area (Å²) in [4.78, 5) is 29.9. The summed E-state index contributed by atoms with van der Waals surface area (Å²) in [7, 11) is 0. The summed E-state index contributed by atoms with van der Waals surface area (Å²) in [6, 6.07) is 14.9. The molecule has 2 amide bonds. The Morgan fingerprint density at radius 2 is 1.97 bits per heavy atom. The first-order chi connectivity index (χ1) is 16.0. The summed E-state index contributed by atoms with van der Waals surface area (Å²) in [5.74, 6) is 1.07. The lowest BCUT2D eigenvalue weighted by molar-refractivity contribution is -0.123. The number of anilines is 1. The Kier molecular flexibility index (Phi) is 7.83. The standard InChI is InChI=1S/C26H30BrN3O3/c1-19-10-14-29(15-11-19)13-5-12-28-25(31)18-30-22-8-2-3-9-23(22)33-24(26(30)32)17-20-6-4-7-21(27)16-20/h2-4,6-9,16-17,19H,5,10-15,18H2,1H3,(H,28,31). The van der Waals surface area contributed by atoms with Gasteiger partial charge in [0.15, 0.2) is 11.5 Å². The fraction of sp³-hybridized carbons (Fsp3) is 0.385. The predicted molar refractivity (Wildman–Crippen MR) is 134 cm³/mol. The van der Waals surface area contributed by atoms with Gasteiger partial charge in [-0.2, -0.15) is 0 Å². The van der Waals surface area contributed by atoms with Crippen molar-refractivity contribution in [2.75, 3.05) is 37.6 Å². The van der Waals surface area contributed by atoms with Crippen molar-refractivity contribution < 1.29 is 14.3 Å². The van der Waals surface area contributed by atoms with Crippen LogP contribution in [-0.2, 0) is 9.59 Å². The van der Waals surface area contributed by atoms with E-state index in [1.165, 1.54) is 17.7 Å². The minimum Gasteiger partial charge on any atom is -0.449 e. The van der Waals surface area contributed by atoms with Crippen LogP contribution in [0, 0.1) is 5.92 Å². The average molecular weight is 512 g/mol. The molecular weight excluding hydrogens is 482 g/mol. The lowest BCUT2D eigenvalue weighted by Crippen LogP contribution is -2.44. The van der Waals surface area contributed by atoms with Crippen LogP contribution in [0.15, 0.2) is 58.8 Å². The highest BCUT2D eigenvalue weighted by atomic mass is 79.9. The van der Waals surface area contributed by atoms with Gasteiger partial charge in [0, 0.05) is 11.0 Å². The number of ether oxygens (including phenoxy) is 1. The van der Waals surface area contributed by atoms with Crippen LogP contribution >= 0.6 is 15.9 Å². The number of piperidine rings is 1. The van der Waals surface area contributed by atoms with Crippen LogP contribution < -0.4 is 15.0 Å². The van der Waals surface area contributed by atoms with Crippen molar-refractivity contribution >= 4 is 39.5 Å². The number of halogens is 1. The zero-order valence-corrected chi connectivity index (χ0v) is 20.5. The van der Waals surface area contributed by atoms with Gasteiger partial charge in [-0.1, -0.05) is 47.1 Å². The number of benzene rings is 2. The molecule has 2 aliphatic rings. The number of rotatable bonds is 7. The number of para-hydroxylation sites is 2. The zero-order valence-electron chi connectivity index (χ0n) is 18.9. The molecular formula is C26H30BrN3O3. The number of nitrogens with one attached hydrogen (secondary N) is 1. The molecule has 0 saturated carbocycles. The van der Waals surface area contributed by atoms with E-state index in [-0.39, 0.29) is 24.1 Å². The maximum absolute atomic E-state index is 13.2. The highest BCUT2D eigenvalue weighted by molar-refractivity contribution is 9.10. The van der Waals surface area contributed by atoms with E-state index in [0.717, 1.165) is 42.0 Å². The van der Waals surface area contributed by atoms with Crippen molar-refractivity contribution in [1.82, 2.24) is 10.2 Å². The molecule has 0 aliphatic carbocycles. The van der Waals surface area contributed by atoms with E-state index in [9.17, 15) is 9.59 Å². The number of carbonyl (C=O) groups is 2. The van der Waals surface area contributed by atoms with Gasteiger partial charge in [0.05, 0.1) is 5.69 Å². The highest BCUT2D eigenvalue weighted by Gasteiger charge is 2.31. The zero-order chi connectivity index (χ0) is 23.2. The van der Waals surface area contributed by atoms with Crippen molar-refractivity contribution in [3.63, 3.8) is 0 Å². The van der Waals surface area contributed by atoms with Gasteiger partial charge < -0.3 is 15.0 Å². The fourth-order valence-corrected chi connectivity index (χ4v) is 4.60. The molecule has 6 nitrogen and oxygen atoms in total. The second-order valence-electron chi connectivity index (χ2n) is 8.75. The molecule has 0 radical (unpaired) electrons. The van der Waals surface area contributed by atoms with E-state index in [1.807, 2.05) is 36.4 Å². The van der Waals surface area contributed by atoms with E-state index in [4.69, 9.17) is 4.74 Å². The first kappa shape index (κ1) is 23.5. The second-order valence-corrected chi connectivity index (χ2v) is 9.67. The van der Waals surface area contributed by atoms with Crippen molar-refractivity contribution in [3.8, 4) is 5.75 Å². The molecule has 2 heterocycles. The number of fused-ring (bicyclic) bond motifs is 1. The minimum atomic E-state index is -0.328. The Hall–Kier alpha value is -2.64. The third kappa shape index (κ3) is 6.24. The Labute approximate surface area is 203 Å². The molecule has 2 aromatic carbocycles. The molecule has 0 aromatic heterocycles. The van der Waals surface area contributed by atoms with Gasteiger partial charge in [-0.25, -0.2) is 0 Å². The van der Waals surface area contributed by atoms with E-state index in [1.54, 1.807) is 18.2 Å². The van der Waals surface area contributed by atoms with Crippen LogP contribution in [0.3, 0.4) is 0 Å². The van der Waals surface area contributed by atoms with Gasteiger partial charge in [0.2, 0.25) is 5.91 Å². The third-order valence-corrected chi connectivity index (χ3v) is 6.62. The molecule has 2 aliphatic heterocycles. The Morgan fingerprint density at radius 1 is 1.18 bits per heavy atom. The Balaban J connectivity index is 1.38. The number of carbonyl (C=O) groups excluding carboxylic acids is 2. The van der Waals surface area contributed by atoms with Crippen LogP contribution in [0.5, 0.6) is 5.75 Å². The highest BCUT2D eigenvalue weighted by Crippen LogP contribution is 2.35. The van der Waals surface area contributed by atoms with Crippen LogP contribution in [0.2, 0.25) is 0 Å². The van der Waals surface area contributed by atoms with Gasteiger partial charge >= 0.3 is 0 Å². The summed E-state index contributed by atoms with van der Waals surface area (Å²) in [6.45, 7) is 6.14. The number of hydrogen-bond acceptors (Lipinski definition) is 4. The van der Waals surface area contributed by atoms with Crippen LogP contribution in [0.25, 0.3) is 6.08 Å². The Bertz CT molecular complexity index is 1030. The average Bonchev–Trinajstić information content (AvgIpc) is 2.81. The molecule has 33 heavy (non-hydrogen) atoms. The molecule has 0 unspecified atom stereocenters. The molecule has 1 fully saturated rings. The molecule has 0 atom stereocenters. The maximum atomic E-state index is 13.2. The Morgan fingerprint density at radius 3 is 2.76 bits per heavy atom. The monoisotopic (exact) mass is 511 g/mol. The maximum Gasteiger partial charge on any atom is 0.294 e. The molecule has 1 N–H and O–H groups in total. The first-order valence-corrected chi connectivity index (χ1v) is 12.3. The smallest absolute Gasteiger partial charge is 0.294 e. The largest absolute Gasteiger partial charge is 0.449 e. The van der Waals surface area contributed by atoms with Gasteiger partial charge in [-0.3, -0.25) is 14.5 Å². The molecule has 0 spiro atoms. The molecule has 174 valence electrons. The van der Waals surface area contributed by atoms with E-state index in [0.29, 0.717) is 18.0 Å². The summed E-state index contributed by atoms with van der Waals surface area (Å²) < 4.78 is 6.80. The molecule has 7 heteroatoms. The number of nitrogens with zero attached hydrogens (tertiary/aromatic N) is 2. The first-order valence-electron chi connectivity index (χ1n) is 11.5. The molecule has 2 aromatic rings. The second kappa shape index (κ2) is 11.0. The fourth-order valence-electron chi connectivity index (χ4n) is 4.18. The van der Waals surface area contributed by atoms with Gasteiger partial charge in [-0.05, 0) is 80.7 Å². The third-order valence-electron chi connectivity index (χ3n) is 6.13. The van der Waals surface area contributed by atoms with Gasteiger partial charge in [0.25, 0.3) is 5.91 Å². The van der Waals surface area contributed by atoms with E-state index >= 15 is 0 Å². The van der Waals surface area contributed by atoms with Crippen molar-refractivity contribution in [2.24, 2.45) is 5.92 Å². The quantitative estimate of drug-likeness (QED) is 0.440. The number of amides is 2. The van der Waals surface area contributed by atoms with Gasteiger partial charge in [-0.15, -0.1) is 0 Å². The van der Waals surface area contributed by atoms with E-state index < -0.39 is 0 Å². The lowest BCUT2D eigenvalue weighted by Gasteiger charge is -2.30. The van der Waals surface area contributed by atoms with Gasteiger partial charge in [0.1, 0.15) is 6.54 Å². The summed E-state index contributed by atoms with van der Waals surface area (Å²) in [5.41, 5.74) is 1.44. The minimum absolute atomic E-state index is 0.0454. The topological polar surface area (TPSA) is 61.9 Å². The van der Waals surface area contributed by atoms with Crippen molar-refractivity contribution in [2.45, 2.75) is 26.2 Å². The number of hydrogen-bond donors (Lipinski definition) is 1. The lowest BCUT2D eigenvalue weighted by atomic mass is 9.99. The summed E-state index contributed by atoms with van der Waals surface area (Å²) in [6.07, 6.45) is 5.11. The normalized spacial score (nSPS) is 18.2. The van der Waals surface area contributed by atoms with E-state index in [2.05, 4.69) is 33.1 Å². The summed E-state index contributed by atoms with van der Waals surface area (Å²) in [5, 5.41) is 2.98. The van der Waals surface area contributed by atoms with Crippen LogP contribution in [0.4, 0.5) is 5.69 Å². The predicted octanol–water partition coefficient (Wildman–Crippen LogP) is 4.45. The van der Waals surface area contributed by atoms with Crippen molar-refractivity contribution in [1.29, 1.82) is 0 Å².